The smallest absolute Gasteiger partial charge is 0.306 e. The molecule has 0 unspecified atom stereocenters. The normalized spacial score (nSPS) is 10.7. The largest absolute Gasteiger partial charge is 0.464 e. The van der Waals surface area contributed by atoms with Crippen molar-refractivity contribution in [3.8, 4) is 12.3 Å². The molecule has 0 aliphatic rings. The van der Waals surface area contributed by atoms with Gasteiger partial charge >= 0.3 is 5.97 Å². The van der Waals surface area contributed by atoms with Crippen LogP contribution in [0.2, 0.25) is 0 Å². The van der Waals surface area contributed by atoms with Crippen LogP contribution in [0.15, 0.2) is 48.5 Å². The van der Waals surface area contributed by atoms with Crippen LogP contribution in [0.1, 0.15) is 12.8 Å². The predicted molar refractivity (Wildman–Crippen MR) is 88.5 cm³/mol. The van der Waals surface area contributed by atoms with Crippen LogP contribution in [0.4, 0.5) is 0 Å². The van der Waals surface area contributed by atoms with Gasteiger partial charge in [-0.3, -0.25) is 4.79 Å². The summed E-state index contributed by atoms with van der Waals surface area (Å²) in [5, 5.41) is 2.44. The van der Waals surface area contributed by atoms with Crippen LogP contribution in [-0.2, 0) is 16.1 Å². The lowest BCUT2D eigenvalue weighted by molar-refractivity contribution is -0.143. The molecule has 1 heterocycles. The van der Waals surface area contributed by atoms with E-state index in [0.717, 1.165) is 11.0 Å². The van der Waals surface area contributed by atoms with Gasteiger partial charge in [0.2, 0.25) is 0 Å². The van der Waals surface area contributed by atoms with Gasteiger partial charge in [-0.25, -0.2) is 0 Å². The van der Waals surface area contributed by atoms with Gasteiger partial charge in [-0.05, 0) is 12.1 Å². The molecule has 1 aromatic heterocycles. The van der Waals surface area contributed by atoms with Gasteiger partial charge in [-0.2, -0.15) is 0 Å². The number of hydrogen-bond donors (Lipinski definition) is 0. The van der Waals surface area contributed by atoms with Crippen molar-refractivity contribution in [1.29, 1.82) is 0 Å². The molecule has 3 rings (SSSR count). The molecule has 0 aliphatic carbocycles. The van der Waals surface area contributed by atoms with E-state index in [2.05, 4.69) is 34.8 Å². The second-order valence-electron chi connectivity index (χ2n) is 5.11. The van der Waals surface area contributed by atoms with E-state index in [0.29, 0.717) is 19.6 Å². The number of carbonyl (C=O) groups is 1. The molecule has 0 bridgehead atoms. The maximum atomic E-state index is 11.5. The molecule has 3 nitrogen and oxygen atoms in total. The van der Waals surface area contributed by atoms with Crippen molar-refractivity contribution < 1.29 is 9.53 Å². The van der Waals surface area contributed by atoms with Crippen LogP contribution in [-0.4, -0.2) is 17.1 Å². The van der Waals surface area contributed by atoms with Crippen molar-refractivity contribution in [1.82, 2.24) is 4.57 Å². The van der Waals surface area contributed by atoms with Crippen LogP contribution in [0.3, 0.4) is 0 Å². The molecule has 2 aromatic carbocycles. The Hall–Kier alpha value is -2.73. The summed E-state index contributed by atoms with van der Waals surface area (Å²) in [4.78, 5) is 11.5. The fraction of sp³-hybridized carbons (Fsp3) is 0.211. The Morgan fingerprint density at radius 2 is 1.64 bits per heavy atom. The summed E-state index contributed by atoms with van der Waals surface area (Å²) in [5.74, 6) is 2.21. The lowest BCUT2D eigenvalue weighted by atomic mass is 10.2. The van der Waals surface area contributed by atoms with Crippen molar-refractivity contribution in [3.63, 3.8) is 0 Å². The van der Waals surface area contributed by atoms with Gasteiger partial charge in [0.25, 0.3) is 0 Å². The Bertz CT molecular complexity index is 801. The number of terminal acetylenes is 1. The van der Waals surface area contributed by atoms with E-state index >= 15 is 0 Å². The summed E-state index contributed by atoms with van der Waals surface area (Å²) in [7, 11) is 0. The predicted octanol–water partition coefficient (Wildman–Crippen LogP) is 3.75. The first-order valence-corrected chi connectivity index (χ1v) is 7.36. The van der Waals surface area contributed by atoms with Gasteiger partial charge in [-0.1, -0.05) is 36.4 Å². The molecule has 0 N–H and O–H groups in total. The van der Waals surface area contributed by atoms with Crippen molar-refractivity contribution in [3.05, 3.63) is 48.5 Å². The molecule has 0 radical (unpaired) electrons. The number of rotatable bonds is 5. The highest BCUT2D eigenvalue weighted by Crippen LogP contribution is 2.28. The second kappa shape index (κ2) is 6.36. The summed E-state index contributed by atoms with van der Waals surface area (Å²) >= 11 is 0. The minimum absolute atomic E-state index is 0.237. The number of hydrogen-bond acceptors (Lipinski definition) is 2. The van der Waals surface area contributed by atoms with E-state index in [-0.39, 0.29) is 12.4 Å². The summed E-state index contributed by atoms with van der Waals surface area (Å²) in [6.45, 7) is 0.988. The van der Waals surface area contributed by atoms with E-state index in [1.165, 1.54) is 10.8 Å². The zero-order valence-electron chi connectivity index (χ0n) is 12.3. The number of nitrogens with zero attached hydrogens (tertiary/aromatic N) is 1. The van der Waals surface area contributed by atoms with E-state index in [1.807, 2.05) is 24.3 Å². The van der Waals surface area contributed by atoms with E-state index < -0.39 is 0 Å². The molecular formula is C19H17NO2. The third-order valence-electron chi connectivity index (χ3n) is 3.73. The molecule has 22 heavy (non-hydrogen) atoms. The van der Waals surface area contributed by atoms with E-state index in [4.69, 9.17) is 11.2 Å². The van der Waals surface area contributed by atoms with Crippen LogP contribution in [0.25, 0.3) is 21.8 Å². The highest BCUT2D eigenvalue weighted by Gasteiger charge is 2.10. The SMILES string of the molecule is C#CCCC(=O)OCCn1c2ccccc2c2ccccc21. The zero-order chi connectivity index (χ0) is 15.4. The van der Waals surface area contributed by atoms with Gasteiger partial charge in [0.15, 0.2) is 0 Å². The van der Waals surface area contributed by atoms with Gasteiger partial charge in [0, 0.05) is 28.2 Å². The average Bonchev–Trinajstić information content (AvgIpc) is 2.88. The minimum Gasteiger partial charge on any atom is -0.464 e. The van der Waals surface area contributed by atoms with Crippen molar-refractivity contribution in [2.75, 3.05) is 6.61 Å². The van der Waals surface area contributed by atoms with Crippen molar-refractivity contribution >= 4 is 27.8 Å². The lowest BCUT2D eigenvalue weighted by Crippen LogP contribution is -2.10. The third kappa shape index (κ3) is 2.68. The molecule has 0 saturated carbocycles. The number of aromatic nitrogens is 1. The molecule has 3 aromatic rings. The summed E-state index contributed by atoms with van der Waals surface area (Å²) < 4.78 is 7.45. The number of fused-ring (bicyclic) bond motifs is 3. The molecule has 0 spiro atoms. The van der Waals surface area contributed by atoms with Crippen LogP contribution in [0, 0.1) is 12.3 Å². The molecule has 0 saturated heterocycles. The van der Waals surface area contributed by atoms with Crippen LogP contribution < -0.4 is 0 Å². The topological polar surface area (TPSA) is 31.2 Å². The maximum Gasteiger partial charge on any atom is 0.306 e. The Morgan fingerprint density at radius 1 is 1.05 bits per heavy atom. The van der Waals surface area contributed by atoms with Crippen LogP contribution >= 0.6 is 0 Å². The maximum absolute atomic E-state index is 11.5. The van der Waals surface area contributed by atoms with Gasteiger partial charge in [0.1, 0.15) is 6.61 Å². The van der Waals surface area contributed by atoms with Crippen molar-refractivity contribution in [2.24, 2.45) is 0 Å². The fourth-order valence-electron chi connectivity index (χ4n) is 2.74. The Morgan fingerprint density at radius 3 is 2.23 bits per heavy atom. The first-order chi connectivity index (χ1) is 10.8. The number of ether oxygens (including phenoxy) is 1. The molecule has 0 atom stereocenters. The summed E-state index contributed by atoms with van der Waals surface area (Å²) in [6, 6.07) is 16.6. The molecule has 0 amide bonds. The zero-order valence-corrected chi connectivity index (χ0v) is 12.3. The van der Waals surface area contributed by atoms with Gasteiger partial charge in [-0.15, -0.1) is 12.3 Å². The number of carbonyl (C=O) groups excluding carboxylic acids is 1. The Balaban J connectivity index is 1.83. The van der Waals surface area contributed by atoms with E-state index in [9.17, 15) is 4.79 Å². The molecule has 110 valence electrons. The first-order valence-electron chi connectivity index (χ1n) is 7.36. The Labute approximate surface area is 129 Å². The number of para-hydroxylation sites is 2. The second-order valence-corrected chi connectivity index (χ2v) is 5.11. The standard InChI is InChI=1S/C19H17NO2/c1-2-3-12-19(21)22-14-13-20-17-10-6-4-8-15(17)16-9-5-7-11-18(16)20/h1,4-11H,3,12-14H2. The lowest BCUT2D eigenvalue weighted by Gasteiger charge is -2.08. The molecular weight excluding hydrogens is 274 g/mol. The summed E-state index contributed by atoms with van der Waals surface area (Å²) in [6.07, 6.45) is 5.85. The quantitative estimate of drug-likeness (QED) is 0.529. The molecule has 0 fully saturated rings. The number of esters is 1. The van der Waals surface area contributed by atoms with Crippen LogP contribution in [0.5, 0.6) is 0 Å². The minimum atomic E-state index is -0.237. The first kappa shape index (κ1) is 14.2. The monoisotopic (exact) mass is 291 g/mol. The van der Waals surface area contributed by atoms with E-state index in [1.54, 1.807) is 0 Å². The fourth-order valence-corrected chi connectivity index (χ4v) is 2.74. The Kier molecular flexibility index (Phi) is 4.11. The highest BCUT2D eigenvalue weighted by atomic mass is 16.5. The van der Waals surface area contributed by atoms with Crippen molar-refractivity contribution in [2.45, 2.75) is 19.4 Å². The molecule has 0 aliphatic heterocycles. The highest BCUT2D eigenvalue weighted by molar-refractivity contribution is 6.07. The van der Waals surface area contributed by atoms with Gasteiger partial charge in [0.05, 0.1) is 13.0 Å². The average molecular weight is 291 g/mol. The number of benzene rings is 2. The molecule has 3 heteroatoms. The summed E-state index contributed by atoms with van der Waals surface area (Å²) in [5.41, 5.74) is 2.31. The van der Waals surface area contributed by atoms with Gasteiger partial charge < -0.3 is 9.30 Å². The third-order valence-corrected chi connectivity index (χ3v) is 3.73.